The summed E-state index contributed by atoms with van der Waals surface area (Å²) in [5.41, 5.74) is 0.591. The lowest BCUT2D eigenvalue weighted by molar-refractivity contribution is -0.132. The van der Waals surface area contributed by atoms with Crippen LogP contribution < -0.4 is 5.32 Å². The molecule has 0 saturated carbocycles. The van der Waals surface area contributed by atoms with Gasteiger partial charge in [0.05, 0.1) is 6.04 Å². The van der Waals surface area contributed by atoms with E-state index < -0.39 is 11.6 Å². The highest BCUT2D eigenvalue weighted by molar-refractivity contribution is 5.81. The van der Waals surface area contributed by atoms with E-state index in [0.29, 0.717) is 5.56 Å². The van der Waals surface area contributed by atoms with E-state index in [-0.39, 0.29) is 18.5 Å². The minimum atomic E-state index is -0.879. The number of nitrogens with one attached hydrogen (secondary N) is 1. The molecule has 20 heavy (non-hydrogen) atoms. The Bertz CT molecular complexity index is 471. The van der Waals surface area contributed by atoms with Gasteiger partial charge in [-0.1, -0.05) is 18.9 Å². The van der Waals surface area contributed by atoms with Crippen molar-refractivity contribution in [3.63, 3.8) is 0 Å². The Kier molecular flexibility index (Phi) is 5.06. The van der Waals surface area contributed by atoms with E-state index in [1.807, 2.05) is 0 Å². The van der Waals surface area contributed by atoms with Crippen LogP contribution in [0.25, 0.3) is 0 Å². The van der Waals surface area contributed by atoms with Crippen molar-refractivity contribution in [3.8, 4) is 0 Å². The zero-order chi connectivity index (χ0) is 14.5. The van der Waals surface area contributed by atoms with Gasteiger partial charge in [0.25, 0.3) is 0 Å². The Morgan fingerprint density at radius 3 is 2.85 bits per heavy atom. The number of hydrogen-bond acceptors (Lipinski definition) is 2. The van der Waals surface area contributed by atoms with Crippen molar-refractivity contribution >= 4 is 5.91 Å². The number of carbonyl (C=O) groups excluding carboxylic acids is 1. The lowest BCUT2D eigenvalue weighted by Crippen LogP contribution is -2.44. The molecule has 1 amide bonds. The van der Waals surface area contributed by atoms with Gasteiger partial charge in [-0.05, 0) is 37.1 Å². The van der Waals surface area contributed by atoms with Crippen molar-refractivity contribution in [2.24, 2.45) is 0 Å². The third-order valence-electron chi connectivity index (χ3n) is 3.64. The summed E-state index contributed by atoms with van der Waals surface area (Å²) in [7, 11) is 1.69. The van der Waals surface area contributed by atoms with Crippen LogP contribution in [0.3, 0.4) is 0 Å². The maximum atomic E-state index is 13.1. The van der Waals surface area contributed by atoms with Gasteiger partial charge >= 0.3 is 0 Å². The third kappa shape index (κ3) is 3.76. The molecule has 0 aliphatic carbocycles. The van der Waals surface area contributed by atoms with E-state index in [9.17, 15) is 13.6 Å². The van der Waals surface area contributed by atoms with Crippen molar-refractivity contribution in [2.75, 3.05) is 13.6 Å². The van der Waals surface area contributed by atoms with Gasteiger partial charge in [0, 0.05) is 13.6 Å². The Morgan fingerprint density at radius 2 is 2.10 bits per heavy atom. The first-order valence-electron chi connectivity index (χ1n) is 7.00. The van der Waals surface area contributed by atoms with Crippen LogP contribution >= 0.6 is 0 Å². The molecule has 0 aromatic heterocycles. The molecule has 1 aliphatic heterocycles. The van der Waals surface area contributed by atoms with E-state index >= 15 is 0 Å². The summed E-state index contributed by atoms with van der Waals surface area (Å²) in [5.74, 6) is -1.74. The van der Waals surface area contributed by atoms with Gasteiger partial charge < -0.3 is 10.2 Å². The van der Waals surface area contributed by atoms with E-state index in [2.05, 4.69) is 5.32 Å². The normalized spacial score (nSPS) is 19.4. The minimum absolute atomic E-state index is 0.0108. The number of hydrogen-bond donors (Lipinski definition) is 1. The first kappa shape index (κ1) is 14.9. The molecule has 1 N–H and O–H groups in total. The number of rotatable bonds is 3. The molecule has 1 heterocycles. The smallest absolute Gasteiger partial charge is 0.239 e. The molecular weight excluding hydrogens is 262 g/mol. The van der Waals surface area contributed by atoms with E-state index in [1.165, 1.54) is 6.07 Å². The summed E-state index contributed by atoms with van der Waals surface area (Å²) in [4.78, 5) is 13.9. The van der Waals surface area contributed by atoms with Crippen molar-refractivity contribution in [1.82, 2.24) is 10.2 Å². The second-order valence-corrected chi connectivity index (χ2v) is 5.30. The molecule has 0 spiro atoms. The third-order valence-corrected chi connectivity index (χ3v) is 3.64. The summed E-state index contributed by atoms with van der Waals surface area (Å²) in [6.07, 6.45) is 4.11. The van der Waals surface area contributed by atoms with Gasteiger partial charge in [-0.25, -0.2) is 8.78 Å². The van der Waals surface area contributed by atoms with Gasteiger partial charge in [-0.2, -0.15) is 0 Å². The van der Waals surface area contributed by atoms with Crippen LogP contribution in [-0.4, -0.2) is 30.4 Å². The molecule has 0 bridgehead atoms. The maximum Gasteiger partial charge on any atom is 0.239 e. The molecular formula is C15H20F2N2O. The summed E-state index contributed by atoms with van der Waals surface area (Å²) in [6, 6.07) is 3.57. The Morgan fingerprint density at radius 1 is 1.30 bits per heavy atom. The molecule has 110 valence electrons. The molecule has 5 heteroatoms. The molecule has 1 aromatic carbocycles. The fraction of sp³-hybridized carbons (Fsp3) is 0.533. The number of halogens is 2. The highest BCUT2D eigenvalue weighted by atomic mass is 19.2. The zero-order valence-electron chi connectivity index (χ0n) is 11.7. The predicted octanol–water partition coefficient (Wildman–Crippen LogP) is 2.46. The quantitative estimate of drug-likeness (QED) is 0.923. The second-order valence-electron chi connectivity index (χ2n) is 5.30. The average molecular weight is 282 g/mol. The number of carbonyl (C=O) groups is 1. The summed E-state index contributed by atoms with van der Waals surface area (Å²) in [6.45, 7) is 1.14. The Hall–Kier alpha value is -1.49. The molecule has 1 aromatic rings. The summed E-state index contributed by atoms with van der Waals surface area (Å²) >= 11 is 0. The average Bonchev–Trinajstić information content (AvgIpc) is 2.71. The van der Waals surface area contributed by atoms with Crippen LogP contribution in [0.1, 0.15) is 31.2 Å². The van der Waals surface area contributed by atoms with Crippen LogP contribution in [0.5, 0.6) is 0 Å². The summed E-state index contributed by atoms with van der Waals surface area (Å²) in [5, 5.41) is 3.24. The number of amides is 1. The lowest BCUT2D eigenvalue weighted by atomic mass is 10.1. The maximum absolute atomic E-state index is 13.1. The molecule has 1 saturated heterocycles. The summed E-state index contributed by atoms with van der Waals surface area (Å²) < 4.78 is 26.0. The minimum Gasteiger partial charge on any atom is -0.340 e. The topological polar surface area (TPSA) is 32.3 Å². The van der Waals surface area contributed by atoms with Gasteiger partial charge in [-0.15, -0.1) is 0 Å². The van der Waals surface area contributed by atoms with Gasteiger partial charge in [0.2, 0.25) is 5.91 Å². The molecule has 1 unspecified atom stereocenters. The van der Waals surface area contributed by atoms with Crippen LogP contribution in [0, 0.1) is 11.6 Å². The number of nitrogens with zero attached hydrogens (tertiary/aromatic N) is 1. The molecule has 1 fully saturated rings. The Balaban J connectivity index is 1.97. The second kappa shape index (κ2) is 6.79. The number of likely N-dealkylation sites (N-methyl/N-ethyl adjacent to an activating group) is 1. The van der Waals surface area contributed by atoms with E-state index in [4.69, 9.17) is 0 Å². The predicted molar refractivity (Wildman–Crippen MR) is 73.1 cm³/mol. The monoisotopic (exact) mass is 282 g/mol. The Labute approximate surface area is 118 Å². The van der Waals surface area contributed by atoms with Crippen LogP contribution in [0.4, 0.5) is 8.78 Å². The number of benzene rings is 1. The standard InChI is InChI=1S/C15H20F2N2O/c1-19(10-11-6-7-12(16)13(17)9-11)15(20)14-5-3-2-4-8-18-14/h6-7,9,14,18H,2-5,8,10H2,1H3. The largest absolute Gasteiger partial charge is 0.340 e. The first-order valence-corrected chi connectivity index (χ1v) is 7.00. The van der Waals surface area contributed by atoms with Crippen molar-refractivity contribution in [2.45, 2.75) is 38.3 Å². The van der Waals surface area contributed by atoms with Crippen molar-refractivity contribution < 1.29 is 13.6 Å². The molecule has 2 rings (SSSR count). The van der Waals surface area contributed by atoms with Crippen molar-refractivity contribution in [1.29, 1.82) is 0 Å². The van der Waals surface area contributed by atoms with Gasteiger partial charge in [-0.3, -0.25) is 4.79 Å². The van der Waals surface area contributed by atoms with Crippen LogP contribution in [0.2, 0.25) is 0 Å². The highest BCUT2D eigenvalue weighted by Gasteiger charge is 2.22. The SMILES string of the molecule is CN(Cc1ccc(F)c(F)c1)C(=O)C1CCCCCN1. The zero-order valence-corrected chi connectivity index (χ0v) is 11.7. The van der Waals surface area contributed by atoms with E-state index in [0.717, 1.165) is 44.4 Å². The fourth-order valence-electron chi connectivity index (χ4n) is 2.50. The molecule has 1 atom stereocenters. The highest BCUT2D eigenvalue weighted by Crippen LogP contribution is 2.13. The molecule has 0 radical (unpaired) electrons. The lowest BCUT2D eigenvalue weighted by Gasteiger charge is -2.23. The van der Waals surface area contributed by atoms with Crippen LogP contribution in [0.15, 0.2) is 18.2 Å². The van der Waals surface area contributed by atoms with E-state index in [1.54, 1.807) is 11.9 Å². The fourth-order valence-corrected chi connectivity index (χ4v) is 2.50. The van der Waals surface area contributed by atoms with Gasteiger partial charge in [0.1, 0.15) is 0 Å². The van der Waals surface area contributed by atoms with Crippen molar-refractivity contribution in [3.05, 3.63) is 35.4 Å². The molecule has 1 aliphatic rings. The van der Waals surface area contributed by atoms with Crippen LogP contribution in [-0.2, 0) is 11.3 Å². The first-order chi connectivity index (χ1) is 9.58. The molecule has 3 nitrogen and oxygen atoms in total. The van der Waals surface area contributed by atoms with Gasteiger partial charge in [0.15, 0.2) is 11.6 Å².